The van der Waals surface area contributed by atoms with Crippen molar-refractivity contribution in [3.05, 3.63) is 0 Å². The first-order valence-corrected chi connectivity index (χ1v) is 6.05. The Labute approximate surface area is 98.5 Å². The summed E-state index contributed by atoms with van der Waals surface area (Å²) in [7, 11) is 0. The van der Waals surface area contributed by atoms with Gasteiger partial charge in [0.25, 0.3) is 0 Å². The molecule has 0 aliphatic carbocycles. The number of unbranched alkanes of at least 4 members (excludes halogenated alkanes) is 1. The van der Waals surface area contributed by atoms with Gasteiger partial charge >= 0.3 is 5.97 Å². The van der Waals surface area contributed by atoms with Gasteiger partial charge in [0.1, 0.15) is 0 Å². The highest BCUT2D eigenvalue weighted by molar-refractivity contribution is 5.76. The summed E-state index contributed by atoms with van der Waals surface area (Å²) >= 11 is 0. The minimum absolute atomic E-state index is 0.225. The third-order valence-electron chi connectivity index (χ3n) is 2.66. The van der Waals surface area contributed by atoms with Crippen LogP contribution in [-0.4, -0.2) is 32.3 Å². The maximum atomic E-state index is 11.7. The van der Waals surface area contributed by atoms with Gasteiger partial charge in [-0.25, -0.2) is 0 Å². The Morgan fingerprint density at radius 2 is 2.00 bits per heavy atom. The van der Waals surface area contributed by atoms with E-state index in [0.29, 0.717) is 26.2 Å². The second-order valence-electron chi connectivity index (χ2n) is 4.20. The fourth-order valence-corrected chi connectivity index (χ4v) is 1.24. The lowest BCUT2D eigenvalue weighted by molar-refractivity contribution is -0.155. The number of carbonyl (C=O) groups excluding carboxylic acids is 1. The Balaban J connectivity index is 3.92. The second-order valence-corrected chi connectivity index (χ2v) is 4.20. The standard InChI is InChI=1S/C12H25NO3/c1-4-6-8-15-9-7-12(3,10-13)11(14)16-5-2/h4-10,13H2,1-3H3. The molecule has 0 aliphatic rings. The maximum Gasteiger partial charge on any atom is 0.313 e. The zero-order valence-corrected chi connectivity index (χ0v) is 10.8. The van der Waals surface area contributed by atoms with Crippen molar-refractivity contribution in [3.63, 3.8) is 0 Å². The first kappa shape index (κ1) is 15.4. The van der Waals surface area contributed by atoms with Crippen molar-refractivity contribution in [1.29, 1.82) is 0 Å². The van der Waals surface area contributed by atoms with Gasteiger partial charge in [-0.15, -0.1) is 0 Å². The topological polar surface area (TPSA) is 61.5 Å². The molecule has 0 rings (SSSR count). The van der Waals surface area contributed by atoms with Crippen molar-refractivity contribution >= 4 is 5.97 Å². The van der Waals surface area contributed by atoms with Crippen molar-refractivity contribution < 1.29 is 14.3 Å². The van der Waals surface area contributed by atoms with Crippen LogP contribution in [0.4, 0.5) is 0 Å². The van der Waals surface area contributed by atoms with Gasteiger partial charge in [0.05, 0.1) is 12.0 Å². The predicted molar refractivity (Wildman–Crippen MR) is 64.1 cm³/mol. The van der Waals surface area contributed by atoms with Crippen LogP contribution in [0.1, 0.15) is 40.0 Å². The van der Waals surface area contributed by atoms with E-state index >= 15 is 0 Å². The van der Waals surface area contributed by atoms with Crippen molar-refractivity contribution in [2.75, 3.05) is 26.4 Å². The van der Waals surface area contributed by atoms with Crippen molar-refractivity contribution in [1.82, 2.24) is 0 Å². The molecule has 2 N–H and O–H groups in total. The van der Waals surface area contributed by atoms with Crippen molar-refractivity contribution in [2.45, 2.75) is 40.0 Å². The second kappa shape index (κ2) is 8.53. The molecular formula is C12H25NO3. The van der Waals surface area contributed by atoms with E-state index in [1.54, 1.807) is 6.92 Å². The number of esters is 1. The van der Waals surface area contributed by atoms with Crippen molar-refractivity contribution in [2.24, 2.45) is 11.1 Å². The van der Waals surface area contributed by atoms with Crippen LogP contribution in [0, 0.1) is 5.41 Å². The van der Waals surface area contributed by atoms with Crippen LogP contribution < -0.4 is 5.73 Å². The van der Waals surface area contributed by atoms with Crippen LogP contribution in [0.2, 0.25) is 0 Å². The summed E-state index contributed by atoms with van der Waals surface area (Å²) in [5, 5.41) is 0. The lowest BCUT2D eigenvalue weighted by Crippen LogP contribution is -2.38. The first-order chi connectivity index (χ1) is 7.60. The van der Waals surface area contributed by atoms with Gasteiger partial charge in [0.2, 0.25) is 0 Å². The Morgan fingerprint density at radius 1 is 1.31 bits per heavy atom. The molecule has 1 atom stereocenters. The predicted octanol–water partition coefficient (Wildman–Crippen LogP) is 1.72. The fourth-order valence-electron chi connectivity index (χ4n) is 1.24. The largest absolute Gasteiger partial charge is 0.466 e. The average Bonchev–Trinajstić information content (AvgIpc) is 2.28. The summed E-state index contributed by atoms with van der Waals surface area (Å²) in [6.07, 6.45) is 2.79. The number of hydrogen-bond donors (Lipinski definition) is 1. The highest BCUT2D eigenvalue weighted by Crippen LogP contribution is 2.21. The van der Waals surface area contributed by atoms with Gasteiger partial charge in [-0.05, 0) is 26.7 Å². The molecule has 0 aromatic heterocycles. The van der Waals surface area contributed by atoms with Gasteiger partial charge in [-0.2, -0.15) is 0 Å². The lowest BCUT2D eigenvalue weighted by atomic mass is 9.87. The molecule has 0 heterocycles. The normalized spacial score (nSPS) is 14.5. The van der Waals surface area contributed by atoms with Gasteiger partial charge in [-0.3, -0.25) is 4.79 Å². The quantitative estimate of drug-likeness (QED) is 0.485. The lowest BCUT2D eigenvalue weighted by Gasteiger charge is -2.25. The minimum Gasteiger partial charge on any atom is -0.466 e. The highest BCUT2D eigenvalue weighted by atomic mass is 16.5. The first-order valence-electron chi connectivity index (χ1n) is 6.05. The van der Waals surface area contributed by atoms with E-state index in [2.05, 4.69) is 6.92 Å². The van der Waals surface area contributed by atoms with E-state index < -0.39 is 5.41 Å². The molecule has 0 amide bonds. The summed E-state index contributed by atoms with van der Waals surface area (Å²) in [6.45, 7) is 7.74. The average molecular weight is 231 g/mol. The number of nitrogens with two attached hydrogens (primary N) is 1. The molecule has 16 heavy (non-hydrogen) atoms. The smallest absolute Gasteiger partial charge is 0.313 e. The van der Waals surface area contributed by atoms with E-state index in [1.165, 1.54) is 0 Å². The molecule has 0 radical (unpaired) electrons. The van der Waals surface area contributed by atoms with Crippen molar-refractivity contribution in [3.8, 4) is 0 Å². The zero-order valence-electron chi connectivity index (χ0n) is 10.8. The molecular weight excluding hydrogens is 206 g/mol. The maximum absolute atomic E-state index is 11.7. The van der Waals surface area contributed by atoms with Crippen LogP contribution in [0.5, 0.6) is 0 Å². The molecule has 0 aliphatic heterocycles. The van der Waals surface area contributed by atoms with E-state index in [1.807, 2.05) is 6.92 Å². The van der Waals surface area contributed by atoms with Gasteiger partial charge < -0.3 is 15.2 Å². The molecule has 0 saturated carbocycles. The van der Waals surface area contributed by atoms with Gasteiger partial charge in [0.15, 0.2) is 0 Å². The number of hydrogen-bond acceptors (Lipinski definition) is 4. The van der Waals surface area contributed by atoms with Gasteiger partial charge in [-0.1, -0.05) is 13.3 Å². The Kier molecular flexibility index (Phi) is 8.21. The molecule has 0 bridgehead atoms. The van der Waals surface area contributed by atoms with E-state index in [4.69, 9.17) is 15.2 Å². The molecule has 0 fully saturated rings. The van der Waals surface area contributed by atoms with Crippen LogP contribution in [0.15, 0.2) is 0 Å². The Bertz CT molecular complexity index is 197. The molecule has 0 aromatic carbocycles. The molecule has 0 saturated heterocycles. The SMILES string of the molecule is CCCCOCCC(C)(CN)C(=O)OCC. The van der Waals surface area contributed by atoms with Crippen LogP contribution in [-0.2, 0) is 14.3 Å². The fraction of sp³-hybridized carbons (Fsp3) is 0.917. The summed E-state index contributed by atoms with van der Waals surface area (Å²) in [5.74, 6) is -0.225. The molecule has 4 nitrogen and oxygen atoms in total. The number of ether oxygens (including phenoxy) is 2. The molecule has 4 heteroatoms. The minimum atomic E-state index is -0.609. The Hall–Kier alpha value is -0.610. The molecule has 0 aromatic rings. The van der Waals surface area contributed by atoms with E-state index in [0.717, 1.165) is 19.4 Å². The van der Waals surface area contributed by atoms with E-state index in [-0.39, 0.29) is 5.97 Å². The highest BCUT2D eigenvalue weighted by Gasteiger charge is 2.32. The van der Waals surface area contributed by atoms with E-state index in [9.17, 15) is 4.79 Å². The summed E-state index contributed by atoms with van der Waals surface area (Å²) in [5.41, 5.74) is 5.01. The molecule has 96 valence electrons. The van der Waals surface area contributed by atoms with Crippen LogP contribution >= 0.6 is 0 Å². The number of carbonyl (C=O) groups is 1. The monoisotopic (exact) mass is 231 g/mol. The molecule has 1 unspecified atom stereocenters. The summed E-state index contributed by atoms with van der Waals surface area (Å²) in [6, 6.07) is 0. The molecule has 0 spiro atoms. The van der Waals surface area contributed by atoms with Crippen LogP contribution in [0.3, 0.4) is 0 Å². The summed E-state index contributed by atoms with van der Waals surface area (Å²) < 4.78 is 10.4. The van der Waals surface area contributed by atoms with Gasteiger partial charge in [0, 0.05) is 19.8 Å². The third-order valence-corrected chi connectivity index (χ3v) is 2.66. The summed E-state index contributed by atoms with van der Waals surface area (Å²) in [4.78, 5) is 11.7. The van der Waals surface area contributed by atoms with Crippen LogP contribution in [0.25, 0.3) is 0 Å². The Morgan fingerprint density at radius 3 is 2.50 bits per heavy atom. The number of rotatable bonds is 9. The third kappa shape index (κ3) is 5.47. The zero-order chi connectivity index (χ0) is 12.4.